The first-order valence-corrected chi connectivity index (χ1v) is 8.56. The number of nitrogens with zero attached hydrogens (tertiary/aromatic N) is 1. The number of fused-ring (bicyclic) bond motifs is 1. The largest absolute Gasteiger partial charge is 0.477 e. The van der Waals surface area contributed by atoms with Crippen LogP contribution in [0, 0.1) is 11.8 Å². The molecule has 0 radical (unpaired) electrons. The molecule has 2 heterocycles. The van der Waals surface area contributed by atoms with Crippen LogP contribution in [0.4, 0.5) is 0 Å². The van der Waals surface area contributed by atoms with Gasteiger partial charge in [0.05, 0.1) is 30.4 Å². The zero-order valence-electron chi connectivity index (χ0n) is 13.3. The quantitative estimate of drug-likeness (QED) is 0.521. The molecule has 1 saturated heterocycles. The van der Waals surface area contributed by atoms with Gasteiger partial charge >= 0.3 is 11.9 Å². The third-order valence-electron chi connectivity index (χ3n) is 4.12. The van der Waals surface area contributed by atoms with Crippen LogP contribution in [0.5, 0.6) is 0 Å². The highest BCUT2D eigenvalue weighted by Gasteiger charge is 2.59. The van der Waals surface area contributed by atoms with E-state index in [4.69, 9.17) is 4.74 Å². The molecule has 0 saturated carbocycles. The van der Waals surface area contributed by atoms with Gasteiger partial charge in [0.25, 0.3) is 0 Å². The van der Waals surface area contributed by atoms with Crippen LogP contribution in [0.15, 0.2) is 10.6 Å². The minimum Gasteiger partial charge on any atom is -0.477 e. The van der Waals surface area contributed by atoms with E-state index in [9.17, 15) is 24.6 Å². The number of hydrogen-bond donors (Lipinski definition) is 2. The summed E-state index contributed by atoms with van der Waals surface area (Å²) < 4.78 is 4.98. The van der Waals surface area contributed by atoms with Gasteiger partial charge in [-0.15, -0.1) is 11.8 Å². The number of carboxylic acids is 1. The molecule has 0 aromatic heterocycles. The van der Waals surface area contributed by atoms with Crippen LogP contribution in [0.1, 0.15) is 27.2 Å². The maximum Gasteiger partial charge on any atom is 0.353 e. The van der Waals surface area contributed by atoms with Crippen LogP contribution in [-0.4, -0.2) is 57.5 Å². The molecule has 1 unspecified atom stereocenters. The summed E-state index contributed by atoms with van der Waals surface area (Å²) in [5.74, 6) is -2.80. The van der Waals surface area contributed by atoms with E-state index in [1.165, 1.54) is 11.8 Å². The maximum absolute atomic E-state index is 12.1. The molecular formula is C15H21NO6S. The minimum atomic E-state index is -1.19. The van der Waals surface area contributed by atoms with Crippen molar-refractivity contribution in [3.8, 4) is 0 Å². The van der Waals surface area contributed by atoms with E-state index in [-0.39, 0.29) is 29.3 Å². The van der Waals surface area contributed by atoms with Crippen LogP contribution in [0.2, 0.25) is 0 Å². The van der Waals surface area contributed by atoms with Crippen molar-refractivity contribution in [3.05, 3.63) is 10.6 Å². The molecule has 2 aliphatic rings. The van der Waals surface area contributed by atoms with Gasteiger partial charge < -0.3 is 19.8 Å². The molecule has 1 amide bonds. The van der Waals surface area contributed by atoms with Gasteiger partial charge in [0.2, 0.25) is 5.91 Å². The molecule has 2 rings (SSSR count). The summed E-state index contributed by atoms with van der Waals surface area (Å²) in [5.41, 5.74) is -0.0716. The Morgan fingerprint density at radius 1 is 1.43 bits per heavy atom. The maximum atomic E-state index is 12.1. The summed E-state index contributed by atoms with van der Waals surface area (Å²) in [6.45, 7) is 5.56. The highest BCUT2D eigenvalue weighted by atomic mass is 32.2. The summed E-state index contributed by atoms with van der Waals surface area (Å²) in [4.78, 5) is 37.0. The summed E-state index contributed by atoms with van der Waals surface area (Å²) in [7, 11) is 0. The second kappa shape index (κ2) is 6.92. The number of ether oxygens (including phenoxy) is 1. The molecule has 7 nitrogen and oxygen atoms in total. The van der Waals surface area contributed by atoms with Crippen molar-refractivity contribution >= 4 is 29.6 Å². The van der Waals surface area contributed by atoms with E-state index in [1.54, 1.807) is 0 Å². The van der Waals surface area contributed by atoms with Gasteiger partial charge in [0, 0.05) is 10.8 Å². The summed E-state index contributed by atoms with van der Waals surface area (Å²) >= 11 is 1.10. The topological polar surface area (TPSA) is 104 Å². The standard InChI is InChI=1S/C15H21NO6S/c1-4-5-22-9(18)6-23-13-7(2)11-10(8(3)17)14(19)16(11)12(13)15(20)21/h7-8,10-11,17H,4-6H2,1-3H3,(H,20,21)/t7-,8-,10-,11?/m1/s1. The van der Waals surface area contributed by atoms with Gasteiger partial charge in [-0.05, 0) is 13.3 Å². The van der Waals surface area contributed by atoms with E-state index in [2.05, 4.69) is 0 Å². The Labute approximate surface area is 138 Å². The summed E-state index contributed by atoms with van der Waals surface area (Å²) in [5, 5.41) is 19.2. The van der Waals surface area contributed by atoms with Gasteiger partial charge in [-0.2, -0.15) is 0 Å². The Hall–Kier alpha value is -1.54. The molecule has 0 aromatic carbocycles. The van der Waals surface area contributed by atoms with Crippen molar-refractivity contribution in [2.75, 3.05) is 12.4 Å². The van der Waals surface area contributed by atoms with E-state index >= 15 is 0 Å². The lowest BCUT2D eigenvalue weighted by Gasteiger charge is -2.46. The summed E-state index contributed by atoms with van der Waals surface area (Å²) in [6.07, 6.45) is -0.115. The highest BCUT2D eigenvalue weighted by molar-refractivity contribution is 8.03. The number of esters is 1. The number of aliphatic carboxylic acids is 1. The van der Waals surface area contributed by atoms with Crippen molar-refractivity contribution in [1.82, 2.24) is 4.90 Å². The molecule has 1 fully saturated rings. The average Bonchev–Trinajstić information content (AvgIpc) is 2.71. The number of amides is 1. The fourth-order valence-electron chi connectivity index (χ4n) is 3.11. The number of β-lactam (4-membered cyclic amide) rings is 1. The third-order valence-corrected chi connectivity index (χ3v) is 5.38. The van der Waals surface area contributed by atoms with Crippen LogP contribution < -0.4 is 0 Å². The Balaban J connectivity index is 2.15. The van der Waals surface area contributed by atoms with Gasteiger partial charge in [-0.25, -0.2) is 4.79 Å². The molecule has 8 heteroatoms. The number of rotatable bonds is 7. The SMILES string of the molecule is CCCOC(=O)CSC1=C(C(=O)O)N2C(=O)[C@H]([C@@H](C)O)C2[C@H]1C. The van der Waals surface area contributed by atoms with E-state index in [1.807, 2.05) is 13.8 Å². The molecular weight excluding hydrogens is 322 g/mol. The van der Waals surface area contributed by atoms with Crippen molar-refractivity contribution in [2.24, 2.45) is 11.8 Å². The van der Waals surface area contributed by atoms with Gasteiger partial charge in [-0.3, -0.25) is 9.59 Å². The van der Waals surface area contributed by atoms with E-state index < -0.39 is 24.0 Å². The molecule has 4 atom stereocenters. The van der Waals surface area contributed by atoms with Gasteiger partial charge in [0.15, 0.2) is 0 Å². The summed E-state index contributed by atoms with van der Waals surface area (Å²) in [6, 6.07) is -0.359. The fourth-order valence-corrected chi connectivity index (χ4v) is 4.19. The van der Waals surface area contributed by atoms with E-state index in [0.717, 1.165) is 18.2 Å². The van der Waals surface area contributed by atoms with Gasteiger partial charge in [-0.1, -0.05) is 13.8 Å². The van der Waals surface area contributed by atoms with Crippen molar-refractivity contribution in [2.45, 2.75) is 39.3 Å². The number of thioether (sulfide) groups is 1. The van der Waals surface area contributed by atoms with Crippen LogP contribution in [0.25, 0.3) is 0 Å². The number of carboxylic acid groups (broad SMARTS) is 1. The average molecular weight is 343 g/mol. The second-order valence-electron chi connectivity index (χ2n) is 5.78. The first-order chi connectivity index (χ1) is 10.8. The zero-order chi connectivity index (χ0) is 17.3. The normalized spacial score (nSPS) is 27.6. The van der Waals surface area contributed by atoms with Crippen LogP contribution >= 0.6 is 11.8 Å². The van der Waals surface area contributed by atoms with Gasteiger partial charge in [0.1, 0.15) is 5.70 Å². The number of hydrogen-bond acceptors (Lipinski definition) is 6. The molecule has 0 bridgehead atoms. The van der Waals surface area contributed by atoms with Crippen molar-refractivity contribution in [3.63, 3.8) is 0 Å². The Morgan fingerprint density at radius 3 is 2.61 bits per heavy atom. The molecule has 0 spiro atoms. The molecule has 0 aromatic rings. The van der Waals surface area contributed by atoms with Crippen molar-refractivity contribution < 1.29 is 29.3 Å². The lowest BCUT2D eigenvalue weighted by molar-refractivity contribution is -0.163. The minimum absolute atomic E-state index is 0.00451. The molecule has 2 N–H and O–H groups in total. The Kier molecular flexibility index (Phi) is 5.36. The zero-order valence-corrected chi connectivity index (χ0v) is 14.1. The van der Waals surface area contributed by atoms with Crippen LogP contribution in [-0.2, 0) is 19.1 Å². The Morgan fingerprint density at radius 2 is 2.09 bits per heavy atom. The predicted octanol–water partition coefficient (Wildman–Crippen LogP) is 0.827. The molecule has 2 aliphatic heterocycles. The number of aliphatic hydroxyl groups is 1. The third kappa shape index (κ3) is 3.10. The molecule has 23 heavy (non-hydrogen) atoms. The molecule has 0 aliphatic carbocycles. The second-order valence-corrected chi connectivity index (χ2v) is 6.80. The monoisotopic (exact) mass is 343 g/mol. The van der Waals surface area contributed by atoms with Crippen LogP contribution in [0.3, 0.4) is 0 Å². The molecule has 128 valence electrons. The highest BCUT2D eigenvalue weighted by Crippen LogP contribution is 2.50. The number of carbonyl (C=O) groups excluding carboxylic acids is 2. The lowest BCUT2D eigenvalue weighted by Crippen LogP contribution is -2.63. The lowest BCUT2D eigenvalue weighted by atomic mass is 9.79. The van der Waals surface area contributed by atoms with Crippen molar-refractivity contribution in [1.29, 1.82) is 0 Å². The number of aliphatic hydroxyl groups excluding tert-OH is 1. The predicted molar refractivity (Wildman–Crippen MR) is 83.3 cm³/mol. The fraction of sp³-hybridized carbons (Fsp3) is 0.667. The first-order valence-electron chi connectivity index (χ1n) is 7.58. The smallest absolute Gasteiger partial charge is 0.353 e. The Bertz CT molecular complexity index is 558. The van der Waals surface area contributed by atoms with E-state index in [0.29, 0.717) is 11.5 Å². The first kappa shape index (κ1) is 17.8. The number of carbonyl (C=O) groups is 3.